The molecule has 3 N–H and O–H groups in total. The van der Waals surface area contributed by atoms with Crippen molar-refractivity contribution >= 4 is 23.0 Å². The van der Waals surface area contributed by atoms with Crippen molar-refractivity contribution in [2.75, 3.05) is 30.7 Å². The number of anilines is 2. The second kappa shape index (κ2) is 5.61. The predicted octanol–water partition coefficient (Wildman–Crippen LogP) is 2.82. The summed E-state index contributed by atoms with van der Waals surface area (Å²) in [6, 6.07) is 6.34. The van der Waals surface area contributed by atoms with Crippen molar-refractivity contribution in [1.82, 2.24) is 4.90 Å². The zero-order chi connectivity index (χ0) is 12.3. The van der Waals surface area contributed by atoms with Gasteiger partial charge in [-0.3, -0.25) is 4.90 Å². The number of likely N-dealkylation sites (N-methyl/N-ethyl adjacent to an activating group) is 1. The second-order valence-corrected chi connectivity index (χ2v) is 4.95. The number of nitrogen functional groups attached to an aromatic ring is 1. The Kier molecular flexibility index (Phi) is 4.13. The lowest BCUT2D eigenvalue weighted by Gasteiger charge is -2.20. The Morgan fingerprint density at radius 2 is 2.24 bits per heavy atom. The molecule has 1 aromatic rings. The lowest BCUT2D eigenvalue weighted by Crippen LogP contribution is -2.31. The molecule has 0 amide bonds. The zero-order valence-corrected chi connectivity index (χ0v) is 11.0. The van der Waals surface area contributed by atoms with Gasteiger partial charge in [0.05, 0.1) is 11.4 Å². The number of hydrogen-bond donors (Lipinski definition) is 2. The van der Waals surface area contributed by atoms with Gasteiger partial charge < -0.3 is 11.1 Å². The van der Waals surface area contributed by atoms with E-state index in [-0.39, 0.29) is 0 Å². The fourth-order valence-corrected chi connectivity index (χ4v) is 2.23. The van der Waals surface area contributed by atoms with E-state index < -0.39 is 0 Å². The molecule has 0 aliphatic heterocycles. The number of halogens is 1. The highest BCUT2D eigenvalue weighted by molar-refractivity contribution is 6.31. The van der Waals surface area contributed by atoms with Gasteiger partial charge in [-0.15, -0.1) is 0 Å². The molecular formula is C13H20ClN3. The van der Waals surface area contributed by atoms with Crippen LogP contribution < -0.4 is 11.1 Å². The molecule has 0 heterocycles. The first kappa shape index (κ1) is 12.5. The summed E-state index contributed by atoms with van der Waals surface area (Å²) in [6.45, 7) is 5.31. The Morgan fingerprint density at radius 1 is 1.47 bits per heavy atom. The number of benzene rings is 1. The first-order chi connectivity index (χ1) is 8.20. The van der Waals surface area contributed by atoms with E-state index >= 15 is 0 Å². The third-order valence-corrected chi connectivity index (χ3v) is 3.43. The molecule has 0 aromatic heterocycles. The number of nitrogens with two attached hydrogens (primary N) is 1. The fourth-order valence-electron chi connectivity index (χ4n) is 2.05. The van der Waals surface area contributed by atoms with Gasteiger partial charge in [-0.05, 0) is 37.6 Å². The predicted molar refractivity (Wildman–Crippen MR) is 74.6 cm³/mol. The van der Waals surface area contributed by atoms with E-state index in [9.17, 15) is 0 Å². The molecule has 1 fully saturated rings. The highest BCUT2D eigenvalue weighted by atomic mass is 35.5. The second-order valence-electron chi connectivity index (χ2n) is 4.52. The smallest absolute Gasteiger partial charge is 0.0589 e. The van der Waals surface area contributed by atoms with Gasteiger partial charge in [0, 0.05) is 24.2 Å². The molecule has 1 aliphatic carbocycles. The minimum atomic E-state index is 0.719. The quantitative estimate of drug-likeness (QED) is 0.766. The molecule has 1 aliphatic rings. The van der Waals surface area contributed by atoms with Crippen LogP contribution in [-0.2, 0) is 0 Å². The number of nitrogens with zero attached hydrogens (tertiary/aromatic N) is 1. The van der Waals surface area contributed by atoms with E-state index in [4.69, 9.17) is 17.3 Å². The van der Waals surface area contributed by atoms with Crippen LogP contribution in [-0.4, -0.2) is 30.6 Å². The van der Waals surface area contributed by atoms with Gasteiger partial charge in [-0.25, -0.2) is 0 Å². The van der Waals surface area contributed by atoms with Crippen LogP contribution >= 0.6 is 11.6 Å². The van der Waals surface area contributed by atoms with Gasteiger partial charge in [-0.1, -0.05) is 18.5 Å². The normalized spacial score (nSPS) is 15.2. The van der Waals surface area contributed by atoms with E-state index in [1.165, 1.54) is 12.8 Å². The molecular weight excluding hydrogens is 234 g/mol. The average Bonchev–Trinajstić information content (AvgIpc) is 3.13. The van der Waals surface area contributed by atoms with Crippen molar-refractivity contribution in [3.63, 3.8) is 0 Å². The third-order valence-electron chi connectivity index (χ3n) is 3.20. The molecule has 0 saturated heterocycles. The maximum Gasteiger partial charge on any atom is 0.0589 e. The summed E-state index contributed by atoms with van der Waals surface area (Å²) in [4.78, 5) is 2.51. The Labute approximate surface area is 108 Å². The van der Waals surface area contributed by atoms with Gasteiger partial charge >= 0.3 is 0 Å². The minimum absolute atomic E-state index is 0.719. The molecule has 1 saturated carbocycles. The topological polar surface area (TPSA) is 41.3 Å². The van der Waals surface area contributed by atoms with E-state index in [0.717, 1.165) is 42.1 Å². The minimum Gasteiger partial charge on any atom is -0.397 e. The fraction of sp³-hybridized carbons (Fsp3) is 0.538. The molecule has 0 unspecified atom stereocenters. The van der Waals surface area contributed by atoms with Crippen LogP contribution in [0.25, 0.3) is 0 Å². The average molecular weight is 254 g/mol. The number of nitrogens with one attached hydrogen (secondary N) is 1. The van der Waals surface area contributed by atoms with Crippen LogP contribution in [0, 0.1) is 0 Å². The molecule has 2 rings (SSSR count). The summed E-state index contributed by atoms with van der Waals surface area (Å²) in [5, 5.41) is 4.07. The molecule has 4 heteroatoms. The standard InChI is InChI=1S/C13H20ClN3/c1-2-17(11-4-5-11)8-7-16-13-9-10(14)3-6-12(13)15/h3,6,9,11,16H,2,4-5,7-8,15H2,1H3. The van der Waals surface area contributed by atoms with Gasteiger partial charge in [0.15, 0.2) is 0 Å². The van der Waals surface area contributed by atoms with Crippen LogP contribution in [0.4, 0.5) is 11.4 Å². The van der Waals surface area contributed by atoms with Crippen molar-refractivity contribution < 1.29 is 0 Å². The van der Waals surface area contributed by atoms with Crippen LogP contribution in [0.15, 0.2) is 18.2 Å². The lowest BCUT2D eigenvalue weighted by molar-refractivity contribution is 0.289. The van der Waals surface area contributed by atoms with Gasteiger partial charge in [0.25, 0.3) is 0 Å². The van der Waals surface area contributed by atoms with E-state index in [0.29, 0.717) is 0 Å². The largest absolute Gasteiger partial charge is 0.397 e. The maximum absolute atomic E-state index is 5.94. The first-order valence-corrected chi connectivity index (χ1v) is 6.61. The highest BCUT2D eigenvalue weighted by Crippen LogP contribution is 2.26. The molecule has 3 nitrogen and oxygen atoms in total. The van der Waals surface area contributed by atoms with E-state index in [1.54, 1.807) is 0 Å². The van der Waals surface area contributed by atoms with Crippen molar-refractivity contribution in [2.45, 2.75) is 25.8 Å². The molecule has 0 bridgehead atoms. The van der Waals surface area contributed by atoms with Crippen molar-refractivity contribution in [3.05, 3.63) is 23.2 Å². The Morgan fingerprint density at radius 3 is 2.88 bits per heavy atom. The molecule has 17 heavy (non-hydrogen) atoms. The molecule has 94 valence electrons. The number of rotatable bonds is 6. The van der Waals surface area contributed by atoms with Crippen LogP contribution in [0.1, 0.15) is 19.8 Å². The first-order valence-electron chi connectivity index (χ1n) is 6.23. The summed E-state index contributed by atoms with van der Waals surface area (Å²) >= 11 is 5.94. The van der Waals surface area contributed by atoms with E-state index in [2.05, 4.69) is 17.1 Å². The Balaban J connectivity index is 1.82. The SMILES string of the molecule is CCN(CCNc1cc(Cl)ccc1N)C1CC1. The van der Waals surface area contributed by atoms with Crippen LogP contribution in [0.2, 0.25) is 5.02 Å². The van der Waals surface area contributed by atoms with E-state index in [1.807, 2.05) is 18.2 Å². The maximum atomic E-state index is 5.94. The monoisotopic (exact) mass is 253 g/mol. The Bertz CT molecular complexity index is 377. The van der Waals surface area contributed by atoms with Gasteiger partial charge in [-0.2, -0.15) is 0 Å². The third kappa shape index (κ3) is 3.51. The van der Waals surface area contributed by atoms with Crippen molar-refractivity contribution in [1.29, 1.82) is 0 Å². The van der Waals surface area contributed by atoms with Crippen molar-refractivity contribution in [2.24, 2.45) is 0 Å². The number of hydrogen-bond acceptors (Lipinski definition) is 3. The lowest BCUT2D eigenvalue weighted by atomic mass is 10.2. The molecule has 0 radical (unpaired) electrons. The summed E-state index contributed by atoms with van der Waals surface area (Å²) in [6.07, 6.45) is 2.71. The summed E-state index contributed by atoms with van der Waals surface area (Å²) in [5.41, 5.74) is 7.56. The van der Waals surface area contributed by atoms with Crippen LogP contribution in [0.3, 0.4) is 0 Å². The van der Waals surface area contributed by atoms with Crippen molar-refractivity contribution in [3.8, 4) is 0 Å². The van der Waals surface area contributed by atoms with Gasteiger partial charge in [0.1, 0.15) is 0 Å². The summed E-state index contributed by atoms with van der Waals surface area (Å²) in [5.74, 6) is 0. The zero-order valence-electron chi connectivity index (χ0n) is 10.2. The summed E-state index contributed by atoms with van der Waals surface area (Å²) in [7, 11) is 0. The Hall–Kier alpha value is -0.930. The molecule has 0 spiro atoms. The molecule has 0 atom stereocenters. The highest BCUT2D eigenvalue weighted by Gasteiger charge is 2.27. The summed E-state index contributed by atoms with van der Waals surface area (Å²) < 4.78 is 0. The van der Waals surface area contributed by atoms with Gasteiger partial charge in [0.2, 0.25) is 0 Å². The molecule has 1 aromatic carbocycles. The van der Waals surface area contributed by atoms with Crippen LogP contribution in [0.5, 0.6) is 0 Å².